The van der Waals surface area contributed by atoms with Crippen molar-refractivity contribution in [2.75, 3.05) is 6.61 Å². The van der Waals surface area contributed by atoms with Crippen LogP contribution in [0, 0.1) is 0 Å². The Hall–Kier alpha value is -0.540. The molecule has 0 saturated heterocycles. The second kappa shape index (κ2) is 3.68. The van der Waals surface area contributed by atoms with Crippen LogP contribution in [0.5, 0.6) is 5.75 Å². The predicted octanol–water partition coefficient (Wildman–Crippen LogP) is 2.62. The maximum absolute atomic E-state index is 6.04. The fourth-order valence-electron chi connectivity index (χ4n) is 1.63. The quantitative estimate of drug-likeness (QED) is 0.758. The number of ether oxygens (including phenoxy) is 1. The van der Waals surface area contributed by atoms with Gasteiger partial charge in [0.1, 0.15) is 5.75 Å². The van der Waals surface area contributed by atoms with E-state index in [1.165, 1.54) is 0 Å². The van der Waals surface area contributed by atoms with Gasteiger partial charge in [0, 0.05) is 16.1 Å². The number of hydrogen-bond acceptors (Lipinski definition) is 2. The number of halogens is 1. The van der Waals surface area contributed by atoms with E-state index in [0.717, 1.165) is 35.2 Å². The van der Waals surface area contributed by atoms with Crippen LogP contribution in [0.25, 0.3) is 0 Å². The maximum atomic E-state index is 6.04. The molecular formula is C10H12BrNO. The van der Waals surface area contributed by atoms with Gasteiger partial charge in [-0.2, -0.15) is 0 Å². The first-order valence-corrected chi connectivity index (χ1v) is 5.25. The van der Waals surface area contributed by atoms with Crippen molar-refractivity contribution >= 4 is 15.9 Å². The molecule has 0 aromatic heterocycles. The van der Waals surface area contributed by atoms with Gasteiger partial charge in [-0.3, -0.25) is 0 Å². The van der Waals surface area contributed by atoms with Crippen molar-refractivity contribution in [2.45, 2.75) is 18.9 Å². The first-order chi connectivity index (χ1) is 6.29. The molecule has 1 aliphatic heterocycles. The van der Waals surface area contributed by atoms with E-state index >= 15 is 0 Å². The number of benzene rings is 1. The zero-order valence-corrected chi connectivity index (χ0v) is 8.88. The summed E-state index contributed by atoms with van der Waals surface area (Å²) >= 11 is 3.50. The molecule has 1 aromatic carbocycles. The molecule has 13 heavy (non-hydrogen) atoms. The van der Waals surface area contributed by atoms with Gasteiger partial charge in [-0.05, 0) is 25.0 Å². The van der Waals surface area contributed by atoms with Crippen LogP contribution in [0.4, 0.5) is 0 Å². The highest BCUT2D eigenvalue weighted by Gasteiger charge is 2.18. The summed E-state index contributed by atoms with van der Waals surface area (Å²) in [4.78, 5) is 0. The molecule has 2 rings (SSSR count). The summed E-state index contributed by atoms with van der Waals surface area (Å²) in [6, 6.07) is 6.06. The van der Waals surface area contributed by atoms with Crippen LogP contribution in [-0.2, 0) is 0 Å². The highest BCUT2D eigenvalue weighted by Crippen LogP contribution is 2.35. The minimum absolute atomic E-state index is 0.105. The van der Waals surface area contributed by atoms with Gasteiger partial charge in [0.2, 0.25) is 0 Å². The number of fused-ring (bicyclic) bond motifs is 1. The molecule has 2 N–H and O–H groups in total. The topological polar surface area (TPSA) is 35.2 Å². The van der Waals surface area contributed by atoms with Crippen molar-refractivity contribution in [3.8, 4) is 5.75 Å². The molecule has 70 valence electrons. The van der Waals surface area contributed by atoms with E-state index in [0.29, 0.717) is 0 Å². The van der Waals surface area contributed by atoms with Gasteiger partial charge in [0.25, 0.3) is 0 Å². The molecule has 3 heteroatoms. The average molecular weight is 242 g/mol. The molecule has 1 heterocycles. The van der Waals surface area contributed by atoms with Crippen molar-refractivity contribution in [3.05, 3.63) is 28.2 Å². The smallest absolute Gasteiger partial charge is 0.125 e. The fraction of sp³-hybridized carbons (Fsp3) is 0.400. The molecular weight excluding hydrogens is 230 g/mol. The van der Waals surface area contributed by atoms with Crippen LogP contribution in [0.15, 0.2) is 22.7 Å². The van der Waals surface area contributed by atoms with Crippen LogP contribution in [0.2, 0.25) is 0 Å². The molecule has 1 aliphatic rings. The van der Waals surface area contributed by atoms with E-state index in [2.05, 4.69) is 15.9 Å². The molecule has 1 aromatic rings. The SMILES string of the molecule is NC1CCCOc2cccc(Br)c21. The minimum atomic E-state index is 0.105. The highest BCUT2D eigenvalue weighted by atomic mass is 79.9. The standard InChI is InChI=1S/C10H12BrNO/c11-7-3-1-5-9-10(7)8(12)4-2-6-13-9/h1,3,5,8H,2,4,6,12H2. The lowest BCUT2D eigenvalue weighted by molar-refractivity contribution is 0.316. The third-order valence-corrected chi connectivity index (χ3v) is 2.99. The summed E-state index contributed by atoms with van der Waals surface area (Å²) in [7, 11) is 0. The second-order valence-electron chi connectivity index (χ2n) is 3.25. The van der Waals surface area contributed by atoms with Crippen LogP contribution in [-0.4, -0.2) is 6.61 Å². The predicted molar refractivity (Wildman–Crippen MR) is 55.8 cm³/mol. The van der Waals surface area contributed by atoms with Gasteiger partial charge >= 0.3 is 0 Å². The summed E-state index contributed by atoms with van der Waals surface area (Å²) in [6.45, 7) is 0.775. The van der Waals surface area contributed by atoms with Gasteiger partial charge in [0.15, 0.2) is 0 Å². The lowest BCUT2D eigenvalue weighted by atomic mass is 10.0. The lowest BCUT2D eigenvalue weighted by Gasteiger charge is -2.13. The summed E-state index contributed by atoms with van der Waals surface area (Å²) in [6.07, 6.45) is 2.03. The number of nitrogens with two attached hydrogens (primary N) is 1. The molecule has 0 amide bonds. The zero-order valence-electron chi connectivity index (χ0n) is 7.29. The van der Waals surface area contributed by atoms with Crippen molar-refractivity contribution in [2.24, 2.45) is 5.73 Å². The van der Waals surface area contributed by atoms with E-state index in [1.807, 2.05) is 18.2 Å². The highest BCUT2D eigenvalue weighted by molar-refractivity contribution is 9.10. The molecule has 0 radical (unpaired) electrons. The fourth-order valence-corrected chi connectivity index (χ4v) is 2.27. The van der Waals surface area contributed by atoms with Gasteiger partial charge < -0.3 is 10.5 Å². The molecule has 2 nitrogen and oxygen atoms in total. The van der Waals surface area contributed by atoms with E-state index in [9.17, 15) is 0 Å². The van der Waals surface area contributed by atoms with Crippen molar-refractivity contribution in [1.29, 1.82) is 0 Å². The van der Waals surface area contributed by atoms with Crippen LogP contribution in [0.1, 0.15) is 24.4 Å². The Kier molecular flexibility index (Phi) is 2.56. The monoisotopic (exact) mass is 241 g/mol. The number of rotatable bonds is 0. The van der Waals surface area contributed by atoms with E-state index < -0.39 is 0 Å². The Morgan fingerprint density at radius 3 is 3.15 bits per heavy atom. The summed E-state index contributed by atoms with van der Waals surface area (Å²) in [5.41, 5.74) is 7.15. The van der Waals surface area contributed by atoms with Gasteiger partial charge in [0.05, 0.1) is 6.61 Å². The molecule has 0 saturated carbocycles. The van der Waals surface area contributed by atoms with Crippen LogP contribution < -0.4 is 10.5 Å². The van der Waals surface area contributed by atoms with Crippen LogP contribution in [0.3, 0.4) is 0 Å². The first kappa shape index (κ1) is 9.03. The number of hydrogen-bond donors (Lipinski definition) is 1. The molecule has 0 aliphatic carbocycles. The third kappa shape index (κ3) is 1.71. The Morgan fingerprint density at radius 1 is 1.46 bits per heavy atom. The zero-order chi connectivity index (χ0) is 9.26. The van der Waals surface area contributed by atoms with E-state index in [-0.39, 0.29) is 6.04 Å². The van der Waals surface area contributed by atoms with Gasteiger partial charge in [-0.25, -0.2) is 0 Å². The Bertz CT molecular complexity index is 314. The molecule has 1 unspecified atom stereocenters. The average Bonchev–Trinajstić information content (AvgIpc) is 2.29. The first-order valence-electron chi connectivity index (χ1n) is 4.46. The Morgan fingerprint density at radius 2 is 2.31 bits per heavy atom. The molecule has 0 spiro atoms. The summed E-state index contributed by atoms with van der Waals surface area (Å²) in [5.74, 6) is 0.930. The molecule has 0 bridgehead atoms. The second-order valence-corrected chi connectivity index (χ2v) is 4.10. The molecule has 1 atom stereocenters. The van der Waals surface area contributed by atoms with Gasteiger partial charge in [-0.15, -0.1) is 0 Å². The largest absolute Gasteiger partial charge is 0.493 e. The Labute approximate surface area is 86.2 Å². The van der Waals surface area contributed by atoms with E-state index in [1.54, 1.807) is 0 Å². The summed E-state index contributed by atoms with van der Waals surface area (Å²) in [5, 5.41) is 0. The van der Waals surface area contributed by atoms with Crippen LogP contribution >= 0.6 is 15.9 Å². The summed E-state index contributed by atoms with van der Waals surface area (Å²) < 4.78 is 6.64. The molecule has 0 fully saturated rings. The third-order valence-electron chi connectivity index (χ3n) is 2.30. The maximum Gasteiger partial charge on any atom is 0.125 e. The van der Waals surface area contributed by atoms with Crippen molar-refractivity contribution in [3.63, 3.8) is 0 Å². The van der Waals surface area contributed by atoms with E-state index in [4.69, 9.17) is 10.5 Å². The normalized spacial score (nSPS) is 21.5. The van der Waals surface area contributed by atoms with Crippen molar-refractivity contribution in [1.82, 2.24) is 0 Å². The minimum Gasteiger partial charge on any atom is -0.493 e. The lowest BCUT2D eigenvalue weighted by Crippen LogP contribution is -2.09. The van der Waals surface area contributed by atoms with Gasteiger partial charge in [-0.1, -0.05) is 22.0 Å². The van der Waals surface area contributed by atoms with Crippen molar-refractivity contribution < 1.29 is 4.74 Å². The Balaban J connectivity index is 2.48.